The van der Waals surface area contributed by atoms with Crippen LogP contribution in [-0.2, 0) is 7.05 Å². The first-order valence-corrected chi connectivity index (χ1v) is 5.35. The zero-order chi connectivity index (χ0) is 13.9. The summed E-state index contributed by atoms with van der Waals surface area (Å²) in [6, 6.07) is 0.604. The second-order valence-corrected chi connectivity index (χ2v) is 4.07. The van der Waals surface area contributed by atoms with Gasteiger partial charge in [0.25, 0.3) is 11.6 Å². The van der Waals surface area contributed by atoms with Gasteiger partial charge in [-0.3, -0.25) is 14.9 Å². The predicted octanol–water partition coefficient (Wildman–Crippen LogP) is -0.629. The van der Waals surface area contributed by atoms with E-state index in [1.54, 1.807) is 0 Å². The van der Waals surface area contributed by atoms with E-state index < -0.39 is 23.0 Å². The molecule has 0 aliphatic carbocycles. The van der Waals surface area contributed by atoms with Gasteiger partial charge in [0.05, 0.1) is 17.2 Å². The Morgan fingerprint density at radius 2 is 2.33 bits per heavy atom. The Morgan fingerprint density at radius 1 is 1.72 bits per heavy atom. The number of rotatable bonds is 5. The second-order valence-electron chi connectivity index (χ2n) is 4.07. The van der Waals surface area contributed by atoms with E-state index in [0.29, 0.717) is 0 Å². The maximum atomic E-state index is 11.7. The lowest BCUT2D eigenvalue weighted by Crippen LogP contribution is -2.43. The van der Waals surface area contributed by atoms with Gasteiger partial charge in [0.2, 0.25) is 0 Å². The molecule has 1 rings (SSSR count). The van der Waals surface area contributed by atoms with Crippen LogP contribution in [0.1, 0.15) is 17.4 Å². The predicted molar refractivity (Wildman–Crippen MR) is 64.1 cm³/mol. The molecule has 2 atom stereocenters. The summed E-state index contributed by atoms with van der Waals surface area (Å²) >= 11 is 0. The number of nitrogens with zero attached hydrogens (tertiary/aromatic N) is 2. The van der Waals surface area contributed by atoms with Gasteiger partial charge in [0.15, 0.2) is 0 Å². The highest BCUT2D eigenvalue weighted by atomic mass is 16.6. The Kier molecular flexibility index (Phi) is 4.40. The number of aliphatic hydroxyl groups excluding tert-OH is 1. The van der Waals surface area contributed by atoms with Gasteiger partial charge in [0.1, 0.15) is 5.69 Å². The molecule has 8 nitrogen and oxygen atoms in total. The number of nitro groups is 1. The molecule has 0 saturated heterocycles. The standard InChI is InChI=1S/C10H16N4O4/c1-6(15)8(11)4-12-10(16)9-3-7(14(17)18)5-13(9)2/h3,5-6,8,15H,4,11H2,1-2H3,(H,12,16). The van der Waals surface area contributed by atoms with Crippen LogP contribution in [-0.4, -0.2) is 39.2 Å². The van der Waals surface area contributed by atoms with Crippen molar-refractivity contribution in [3.05, 3.63) is 28.1 Å². The van der Waals surface area contributed by atoms with Gasteiger partial charge in [-0.05, 0) is 6.92 Å². The average Bonchev–Trinajstić information content (AvgIpc) is 2.67. The van der Waals surface area contributed by atoms with Crippen molar-refractivity contribution in [2.75, 3.05) is 6.54 Å². The number of amides is 1. The van der Waals surface area contributed by atoms with Gasteiger partial charge in [-0.1, -0.05) is 0 Å². The van der Waals surface area contributed by atoms with Gasteiger partial charge in [0, 0.05) is 25.7 Å². The number of nitrogens with two attached hydrogens (primary N) is 1. The number of aromatic nitrogens is 1. The van der Waals surface area contributed by atoms with Gasteiger partial charge >= 0.3 is 0 Å². The van der Waals surface area contributed by atoms with Crippen LogP contribution in [0.15, 0.2) is 12.3 Å². The van der Waals surface area contributed by atoms with E-state index in [2.05, 4.69) is 5.32 Å². The fourth-order valence-corrected chi connectivity index (χ4v) is 1.34. The number of carbonyl (C=O) groups excluding carboxylic acids is 1. The third-order valence-electron chi connectivity index (χ3n) is 2.55. The Labute approximate surface area is 104 Å². The van der Waals surface area contributed by atoms with E-state index in [0.717, 1.165) is 0 Å². The summed E-state index contributed by atoms with van der Waals surface area (Å²) in [7, 11) is 1.54. The molecule has 4 N–H and O–H groups in total. The quantitative estimate of drug-likeness (QED) is 0.478. The van der Waals surface area contributed by atoms with E-state index in [4.69, 9.17) is 10.8 Å². The molecule has 2 unspecified atom stereocenters. The van der Waals surface area contributed by atoms with Crippen LogP contribution < -0.4 is 11.1 Å². The molecule has 1 aromatic heterocycles. The molecule has 0 spiro atoms. The lowest BCUT2D eigenvalue weighted by atomic mass is 10.2. The summed E-state index contributed by atoms with van der Waals surface area (Å²) in [5.74, 6) is -0.471. The monoisotopic (exact) mass is 256 g/mol. The van der Waals surface area contributed by atoms with Crippen molar-refractivity contribution >= 4 is 11.6 Å². The molecule has 0 radical (unpaired) electrons. The number of nitrogens with one attached hydrogen (secondary N) is 1. The van der Waals surface area contributed by atoms with Crippen molar-refractivity contribution in [2.45, 2.75) is 19.1 Å². The summed E-state index contributed by atoms with van der Waals surface area (Å²) in [5, 5.41) is 22.2. The highest BCUT2D eigenvalue weighted by Crippen LogP contribution is 2.14. The average molecular weight is 256 g/mol. The van der Waals surface area contributed by atoms with Crippen LogP contribution in [0.2, 0.25) is 0 Å². The van der Waals surface area contributed by atoms with Gasteiger partial charge in [-0.15, -0.1) is 0 Å². The van der Waals surface area contributed by atoms with Crippen LogP contribution in [0.5, 0.6) is 0 Å². The molecule has 0 bridgehead atoms. The highest BCUT2D eigenvalue weighted by Gasteiger charge is 2.18. The molecule has 0 aromatic carbocycles. The fraction of sp³-hybridized carbons (Fsp3) is 0.500. The zero-order valence-corrected chi connectivity index (χ0v) is 10.2. The minimum Gasteiger partial charge on any atom is -0.392 e. The number of hydrogen-bond acceptors (Lipinski definition) is 5. The number of carbonyl (C=O) groups is 1. The maximum absolute atomic E-state index is 11.7. The van der Waals surface area contributed by atoms with Crippen molar-refractivity contribution < 1.29 is 14.8 Å². The first kappa shape index (κ1) is 14.1. The Balaban J connectivity index is 2.70. The lowest BCUT2D eigenvalue weighted by Gasteiger charge is -2.15. The second kappa shape index (κ2) is 5.61. The molecule has 1 amide bonds. The Hall–Kier alpha value is -1.93. The van der Waals surface area contributed by atoms with Gasteiger partial charge in [-0.25, -0.2) is 0 Å². The highest BCUT2D eigenvalue weighted by molar-refractivity contribution is 5.93. The normalized spacial score (nSPS) is 14.0. The SMILES string of the molecule is CC(O)C(N)CNC(=O)c1cc([N+](=O)[O-])cn1C. The van der Waals surface area contributed by atoms with E-state index in [1.807, 2.05) is 0 Å². The Bertz CT molecular complexity index is 455. The molecule has 0 aliphatic heterocycles. The minimum atomic E-state index is -0.743. The summed E-state index contributed by atoms with van der Waals surface area (Å²) in [6.07, 6.45) is 0.511. The maximum Gasteiger partial charge on any atom is 0.287 e. The van der Waals surface area contributed by atoms with Gasteiger partial charge < -0.3 is 20.7 Å². The molecule has 0 aliphatic rings. The third-order valence-corrected chi connectivity index (χ3v) is 2.55. The fourth-order valence-electron chi connectivity index (χ4n) is 1.34. The third kappa shape index (κ3) is 3.28. The van der Waals surface area contributed by atoms with Crippen LogP contribution in [0.4, 0.5) is 5.69 Å². The van der Waals surface area contributed by atoms with Crippen LogP contribution in [0.25, 0.3) is 0 Å². The number of hydrogen-bond donors (Lipinski definition) is 3. The smallest absolute Gasteiger partial charge is 0.287 e. The number of aryl methyl sites for hydroxylation is 1. The molecule has 1 heterocycles. The Morgan fingerprint density at radius 3 is 2.78 bits per heavy atom. The topological polar surface area (TPSA) is 123 Å². The van der Waals surface area contributed by atoms with Crippen molar-refractivity contribution in [3.63, 3.8) is 0 Å². The van der Waals surface area contributed by atoms with Gasteiger partial charge in [-0.2, -0.15) is 0 Å². The van der Waals surface area contributed by atoms with Crippen molar-refractivity contribution in [2.24, 2.45) is 12.8 Å². The summed E-state index contributed by atoms with van der Waals surface area (Å²) < 4.78 is 1.36. The van der Waals surface area contributed by atoms with Crippen LogP contribution >= 0.6 is 0 Å². The van der Waals surface area contributed by atoms with E-state index in [1.165, 1.54) is 30.8 Å². The lowest BCUT2D eigenvalue weighted by molar-refractivity contribution is -0.384. The minimum absolute atomic E-state index is 0.0927. The van der Waals surface area contributed by atoms with E-state index in [-0.39, 0.29) is 17.9 Å². The van der Waals surface area contributed by atoms with Crippen LogP contribution in [0.3, 0.4) is 0 Å². The molecule has 100 valence electrons. The van der Waals surface area contributed by atoms with E-state index >= 15 is 0 Å². The van der Waals surface area contributed by atoms with Crippen LogP contribution in [0, 0.1) is 10.1 Å². The number of aliphatic hydroxyl groups is 1. The molecule has 8 heteroatoms. The van der Waals surface area contributed by atoms with Crippen molar-refractivity contribution in [1.82, 2.24) is 9.88 Å². The molecule has 18 heavy (non-hydrogen) atoms. The summed E-state index contributed by atoms with van der Waals surface area (Å²) in [6.45, 7) is 1.61. The summed E-state index contributed by atoms with van der Waals surface area (Å²) in [4.78, 5) is 21.7. The molecule has 0 fully saturated rings. The first-order valence-electron chi connectivity index (χ1n) is 5.35. The molecular formula is C10H16N4O4. The molecule has 0 saturated carbocycles. The van der Waals surface area contributed by atoms with Crippen molar-refractivity contribution in [3.8, 4) is 0 Å². The van der Waals surface area contributed by atoms with E-state index in [9.17, 15) is 14.9 Å². The molecular weight excluding hydrogens is 240 g/mol. The largest absolute Gasteiger partial charge is 0.392 e. The molecule has 1 aromatic rings. The first-order chi connectivity index (χ1) is 8.32. The zero-order valence-electron chi connectivity index (χ0n) is 10.2. The summed E-state index contributed by atoms with van der Waals surface area (Å²) in [5.41, 5.74) is 5.57. The van der Waals surface area contributed by atoms with Crippen molar-refractivity contribution in [1.29, 1.82) is 0 Å².